The van der Waals surface area contributed by atoms with Gasteiger partial charge in [-0.05, 0) is 37.6 Å². The van der Waals surface area contributed by atoms with Gasteiger partial charge in [-0.25, -0.2) is 4.98 Å². The van der Waals surface area contributed by atoms with Gasteiger partial charge < -0.3 is 9.88 Å². The molecule has 94 valence electrons. The Morgan fingerprint density at radius 3 is 3.00 bits per heavy atom. The molecule has 3 rings (SSSR count). The first-order chi connectivity index (χ1) is 8.34. The van der Waals surface area contributed by atoms with Crippen LogP contribution in [0.1, 0.15) is 50.8 Å². The Bertz CT molecular complexity index is 365. The van der Waals surface area contributed by atoms with Gasteiger partial charge in [0.25, 0.3) is 0 Å². The number of nitrogens with one attached hydrogen (secondary N) is 1. The maximum Gasteiger partial charge on any atom is 0.0948 e. The van der Waals surface area contributed by atoms with E-state index < -0.39 is 0 Å². The summed E-state index contributed by atoms with van der Waals surface area (Å²) in [5.41, 5.74) is 1.40. The normalized spacial score (nSPS) is 33.4. The van der Waals surface area contributed by atoms with Crippen molar-refractivity contribution >= 4 is 0 Å². The molecule has 0 aromatic carbocycles. The molecule has 0 amide bonds. The molecular weight excluding hydrogens is 210 g/mol. The summed E-state index contributed by atoms with van der Waals surface area (Å²) in [6.45, 7) is 4.74. The third-order valence-electron chi connectivity index (χ3n) is 4.63. The van der Waals surface area contributed by atoms with Gasteiger partial charge in [-0.1, -0.05) is 19.8 Å². The number of rotatable bonds is 3. The van der Waals surface area contributed by atoms with Crippen LogP contribution >= 0.6 is 0 Å². The van der Waals surface area contributed by atoms with Gasteiger partial charge in [-0.15, -0.1) is 0 Å². The highest BCUT2D eigenvalue weighted by Gasteiger charge is 2.26. The quantitative estimate of drug-likeness (QED) is 0.870. The molecule has 0 bridgehead atoms. The fourth-order valence-corrected chi connectivity index (χ4v) is 3.46. The smallest absolute Gasteiger partial charge is 0.0948 e. The molecule has 17 heavy (non-hydrogen) atoms. The zero-order valence-electron chi connectivity index (χ0n) is 10.7. The summed E-state index contributed by atoms with van der Waals surface area (Å²) < 4.78 is 2.40. The lowest BCUT2D eigenvalue weighted by Crippen LogP contribution is -2.20. The van der Waals surface area contributed by atoms with Gasteiger partial charge in [0.1, 0.15) is 0 Å². The summed E-state index contributed by atoms with van der Waals surface area (Å²) >= 11 is 0. The lowest BCUT2D eigenvalue weighted by atomic mass is 9.98. The van der Waals surface area contributed by atoms with Crippen molar-refractivity contribution in [2.24, 2.45) is 11.8 Å². The predicted molar refractivity (Wildman–Crippen MR) is 68.7 cm³/mol. The van der Waals surface area contributed by atoms with E-state index in [2.05, 4.69) is 28.0 Å². The third kappa shape index (κ3) is 2.25. The number of nitrogens with zero attached hydrogens (tertiary/aromatic N) is 2. The van der Waals surface area contributed by atoms with Crippen LogP contribution in [0.5, 0.6) is 0 Å². The zero-order chi connectivity index (χ0) is 11.7. The second-order valence-corrected chi connectivity index (χ2v) is 5.79. The van der Waals surface area contributed by atoms with Crippen molar-refractivity contribution in [2.75, 3.05) is 6.54 Å². The summed E-state index contributed by atoms with van der Waals surface area (Å²) in [6, 6.07) is 0.550. The molecule has 1 saturated heterocycles. The monoisotopic (exact) mass is 233 g/mol. The van der Waals surface area contributed by atoms with Crippen molar-refractivity contribution in [3.8, 4) is 0 Å². The van der Waals surface area contributed by atoms with Gasteiger partial charge in [0, 0.05) is 18.8 Å². The molecule has 3 atom stereocenters. The van der Waals surface area contributed by atoms with Crippen molar-refractivity contribution < 1.29 is 0 Å². The largest absolute Gasteiger partial charge is 0.333 e. The highest BCUT2D eigenvalue weighted by Crippen LogP contribution is 2.33. The first-order valence-corrected chi connectivity index (χ1v) is 7.08. The van der Waals surface area contributed by atoms with Gasteiger partial charge in [0.2, 0.25) is 0 Å². The minimum absolute atomic E-state index is 0.550. The molecule has 1 saturated carbocycles. The van der Waals surface area contributed by atoms with E-state index in [0.717, 1.165) is 18.4 Å². The van der Waals surface area contributed by atoms with Crippen molar-refractivity contribution in [3.05, 3.63) is 18.2 Å². The van der Waals surface area contributed by atoms with E-state index in [9.17, 15) is 0 Å². The maximum absolute atomic E-state index is 4.36. The summed E-state index contributed by atoms with van der Waals surface area (Å²) in [4.78, 5) is 4.36. The van der Waals surface area contributed by atoms with Crippen LogP contribution in [0.15, 0.2) is 12.5 Å². The fourth-order valence-electron chi connectivity index (χ4n) is 3.46. The average molecular weight is 233 g/mol. The SMILES string of the molecule is CC1CCCC1Cn1cncc1C1CCCN1. The lowest BCUT2D eigenvalue weighted by molar-refractivity contribution is 0.354. The van der Waals surface area contributed by atoms with Gasteiger partial charge in [-0.2, -0.15) is 0 Å². The van der Waals surface area contributed by atoms with E-state index in [4.69, 9.17) is 0 Å². The highest BCUT2D eigenvalue weighted by atomic mass is 15.1. The Balaban J connectivity index is 1.72. The van der Waals surface area contributed by atoms with Crippen LogP contribution in [0.2, 0.25) is 0 Å². The predicted octanol–water partition coefficient (Wildman–Crippen LogP) is 2.74. The lowest BCUT2D eigenvalue weighted by Gasteiger charge is -2.20. The van der Waals surface area contributed by atoms with Crippen LogP contribution in [-0.4, -0.2) is 16.1 Å². The van der Waals surface area contributed by atoms with Gasteiger partial charge in [0.15, 0.2) is 0 Å². The molecule has 0 radical (unpaired) electrons. The number of imidazole rings is 1. The standard InChI is InChI=1S/C14H23N3/c1-11-4-2-5-12(11)9-17-10-15-8-14(17)13-6-3-7-16-13/h8,10-13,16H,2-7,9H2,1H3. The number of hydrogen-bond donors (Lipinski definition) is 1. The fraction of sp³-hybridized carbons (Fsp3) is 0.786. The minimum atomic E-state index is 0.550. The van der Waals surface area contributed by atoms with Crippen LogP contribution in [0, 0.1) is 11.8 Å². The molecule has 0 spiro atoms. The van der Waals surface area contributed by atoms with Gasteiger partial charge >= 0.3 is 0 Å². The first-order valence-electron chi connectivity index (χ1n) is 7.08. The van der Waals surface area contributed by atoms with Crippen molar-refractivity contribution in [3.63, 3.8) is 0 Å². The van der Waals surface area contributed by atoms with E-state index in [1.807, 2.05) is 6.33 Å². The van der Waals surface area contributed by atoms with E-state index in [1.165, 1.54) is 44.3 Å². The first kappa shape index (κ1) is 11.3. The Hall–Kier alpha value is -0.830. The molecule has 3 heteroatoms. The molecule has 3 nitrogen and oxygen atoms in total. The Morgan fingerprint density at radius 1 is 1.35 bits per heavy atom. The summed E-state index contributed by atoms with van der Waals surface area (Å²) in [5.74, 6) is 1.76. The van der Waals surface area contributed by atoms with Crippen LogP contribution in [-0.2, 0) is 6.54 Å². The minimum Gasteiger partial charge on any atom is -0.333 e. The van der Waals surface area contributed by atoms with Crippen LogP contribution < -0.4 is 5.32 Å². The molecule has 2 heterocycles. The van der Waals surface area contributed by atoms with E-state index >= 15 is 0 Å². The second-order valence-electron chi connectivity index (χ2n) is 5.79. The Morgan fingerprint density at radius 2 is 2.29 bits per heavy atom. The molecule has 1 N–H and O–H groups in total. The van der Waals surface area contributed by atoms with Crippen molar-refractivity contribution in [1.82, 2.24) is 14.9 Å². The van der Waals surface area contributed by atoms with E-state index in [1.54, 1.807) is 0 Å². The molecule has 3 unspecified atom stereocenters. The third-order valence-corrected chi connectivity index (χ3v) is 4.63. The Kier molecular flexibility index (Phi) is 3.19. The van der Waals surface area contributed by atoms with Crippen molar-refractivity contribution in [1.29, 1.82) is 0 Å². The topological polar surface area (TPSA) is 29.9 Å². The van der Waals surface area contributed by atoms with Crippen LogP contribution in [0.25, 0.3) is 0 Å². The summed E-state index contributed by atoms with van der Waals surface area (Å²) in [6.07, 6.45) is 10.9. The second kappa shape index (κ2) is 4.81. The van der Waals surface area contributed by atoms with Gasteiger partial charge in [-0.3, -0.25) is 0 Å². The van der Waals surface area contributed by atoms with E-state index in [0.29, 0.717) is 6.04 Å². The summed E-state index contributed by atoms with van der Waals surface area (Å²) in [7, 11) is 0. The van der Waals surface area contributed by atoms with E-state index in [-0.39, 0.29) is 0 Å². The summed E-state index contributed by atoms with van der Waals surface area (Å²) in [5, 5.41) is 3.57. The molecule has 1 aliphatic carbocycles. The zero-order valence-corrected chi connectivity index (χ0v) is 10.7. The molecule has 2 fully saturated rings. The molecule has 1 aromatic rings. The highest BCUT2D eigenvalue weighted by molar-refractivity contribution is 5.07. The van der Waals surface area contributed by atoms with Gasteiger partial charge in [0.05, 0.1) is 12.0 Å². The average Bonchev–Trinajstić information content (AvgIpc) is 3.02. The molecule has 1 aliphatic heterocycles. The molecular formula is C14H23N3. The van der Waals surface area contributed by atoms with Crippen molar-refractivity contribution in [2.45, 2.75) is 51.6 Å². The Labute approximate surface area is 104 Å². The number of aromatic nitrogens is 2. The maximum atomic E-state index is 4.36. The van der Waals surface area contributed by atoms with Crippen LogP contribution in [0.3, 0.4) is 0 Å². The molecule has 1 aromatic heterocycles. The number of hydrogen-bond acceptors (Lipinski definition) is 2. The van der Waals surface area contributed by atoms with Crippen LogP contribution in [0.4, 0.5) is 0 Å². The molecule has 2 aliphatic rings.